The minimum absolute atomic E-state index is 0.0280. The zero-order valence-electron chi connectivity index (χ0n) is 15.7. The zero-order chi connectivity index (χ0) is 17.6. The van der Waals surface area contributed by atoms with Crippen molar-refractivity contribution in [2.75, 3.05) is 39.3 Å². The third-order valence-corrected chi connectivity index (χ3v) is 5.69. The van der Waals surface area contributed by atoms with Crippen LogP contribution in [0.4, 0.5) is 0 Å². The van der Waals surface area contributed by atoms with Gasteiger partial charge in [0, 0.05) is 44.8 Å². The second-order valence-electron chi connectivity index (χ2n) is 7.27. The summed E-state index contributed by atoms with van der Waals surface area (Å²) in [5.41, 5.74) is 0.467. The SMILES string of the molecule is CCN1CCN(Cc2cc(C(=O)N(CC)C3CCCCC3)no2)CC1. The molecule has 0 spiro atoms. The van der Waals surface area contributed by atoms with Gasteiger partial charge in [0.1, 0.15) is 0 Å². The van der Waals surface area contributed by atoms with Crippen molar-refractivity contribution in [3.05, 3.63) is 17.5 Å². The molecule has 6 nitrogen and oxygen atoms in total. The molecule has 0 bridgehead atoms. The van der Waals surface area contributed by atoms with Gasteiger partial charge in [0.2, 0.25) is 0 Å². The summed E-state index contributed by atoms with van der Waals surface area (Å²) < 4.78 is 5.47. The number of hydrogen-bond acceptors (Lipinski definition) is 5. The van der Waals surface area contributed by atoms with E-state index in [0.29, 0.717) is 11.7 Å². The van der Waals surface area contributed by atoms with Crippen molar-refractivity contribution in [3.8, 4) is 0 Å². The van der Waals surface area contributed by atoms with E-state index in [-0.39, 0.29) is 5.91 Å². The Morgan fingerprint density at radius 1 is 1.16 bits per heavy atom. The molecule has 0 N–H and O–H groups in total. The molecule has 1 aromatic heterocycles. The average molecular weight is 348 g/mol. The molecule has 2 fully saturated rings. The van der Waals surface area contributed by atoms with Crippen molar-refractivity contribution in [2.45, 2.75) is 58.5 Å². The normalized spacial score (nSPS) is 20.7. The number of nitrogens with zero attached hydrogens (tertiary/aromatic N) is 4. The van der Waals surface area contributed by atoms with Crippen molar-refractivity contribution in [2.24, 2.45) is 0 Å². The van der Waals surface area contributed by atoms with Gasteiger partial charge in [-0.25, -0.2) is 0 Å². The lowest BCUT2D eigenvalue weighted by molar-refractivity contribution is 0.0637. The Hall–Kier alpha value is -1.40. The lowest BCUT2D eigenvalue weighted by atomic mass is 9.94. The highest BCUT2D eigenvalue weighted by Gasteiger charge is 2.27. The third kappa shape index (κ3) is 4.61. The highest BCUT2D eigenvalue weighted by Crippen LogP contribution is 2.24. The van der Waals surface area contributed by atoms with E-state index in [1.54, 1.807) is 0 Å². The van der Waals surface area contributed by atoms with E-state index in [4.69, 9.17) is 4.52 Å². The smallest absolute Gasteiger partial charge is 0.276 e. The molecule has 0 radical (unpaired) electrons. The topological polar surface area (TPSA) is 52.8 Å². The van der Waals surface area contributed by atoms with Crippen molar-refractivity contribution in [1.82, 2.24) is 19.9 Å². The number of carbonyl (C=O) groups is 1. The van der Waals surface area contributed by atoms with Crippen molar-refractivity contribution in [3.63, 3.8) is 0 Å². The van der Waals surface area contributed by atoms with E-state index < -0.39 is 0 Å². The summed E-state index contributed by atoms with van der Waals surface area (Å²) in [6.45, 7) is 11.1. The molecule has 0 aromatic carbocycles. The molecule has 2 heterocycles. The summed E-state index contributed by atoms with van der Waals surface area (Å²) in [5, 5.41) is 4.07. The van der Waals surface area contributed by atoms with Crippen LogP contribution >= 0.6 is 0 Å². The quantitative estimate of drug-likeness (QED) is 0.791. The summed E-state index contributed by atoms with van der Waals surface area (Å²) in [7, 11) is 0. The molecule has 25 heavy (non-hydrogen) atoms. The standard InChI is InChI=1S/C19H32N4O2/c1-3-21-10-12-22(13-11-21)15-17-14-18(20-25-17)19(24)23(4-2)16-8-6-5-7-9-16/h14,16H,3-13,15H2,1-2H3. The maximum atomic E-state index is 12.8. The van der Waals surface area contributed by atoms with Gasteiger partial charge in [-0.3, -0.25) is 9.69 Å². The van der Waals surface area contributed by atoms with Crippen LogP contribution in [0.5, 0.6) is 0 Å². The van der Waals surface area contributed by atoms with Gasteiger partial charge >= 0.3 is 0 Å². The summed E-state index contributed by atoms with van der Waals surface area (Å²) in [6, 6.07) is 2.22. The average Bonchev–Trinajstić information content (AvgIpc) is 3.12. The number of piperazine rings is 1. The van der Waals surface area contributed by atoms with Gasteiger partial charge < -0.3 is 14.3 Å². The molecule has 6 heteroatoms. The molecule has 0 unspecified atom stereocenters. The first-order valence-corrected chi connectivity index (χ1v) is 9.92. The highest BCUT2D eigenvalue weighted by atomic mass is 16.5. The largest absolute Gasteiger partial charge is 0.359 e. The second kappa shape index (κ2) is 8.81. The van der Waals surface area contributed by atoms with Crippen molar-refractivity contribution >= 4 is 5.91 Å². The fourth-order valence-electron chi connectivity index (χ4n) is 4.08. The fraction of sp³-hybridized carbons (Fsp3) is 0.789. The maximum Gasteiger partial charge on any atom is 0.276 e. The summed E-state index contributed by atoms with van der Waals surface area (Å²) >= 11 is 0. The summed E-state index contributed by atoms with van der Waals surface area (Å²) in [5.74, 6) is 0.827. The fourth-order valence-corrected chi connectivity index (χ4v) is 4.08. The Balaban J connectivity index is 1.57. The Labute approximate surface area is 151 Å². The Kier molecular flexibility index (Phi) is 6.48. The molecule has 0 atom stereocenters. The van der Waals surface area contributed by atoms with Gasteiger partial charge in [0.25, 0.3) is 5.91 Å². The zero-order valence-corrected chi connectivity index (χ0v) is 15.7. The number of rotatable bonds is 6. The molecule has 1 aromatic rings. The first kappa shape index (κ1) is 18.4. The molecule has 1 amide bonds. The maximum absolute atomic E-state index is 12.8. The molecule has 1 saturated heterocycles. The van der Waals surface area contributed by atoms with Gasteiger partial charge in [0.05, 0.1) is 6.54 Å². The lowest BCUT2D eigenvalue weighted by Crippen LogP contribution is -2.45. The number of hydrogen-bond donors (Lipinski definition) is 0. The molecule has 1 aliphatic heterocycles. The van der Waals surface area contributed by atoms with Crippen molar-refractivity contribution < 1.29 is 9.32 Å². The van der Waals surface area contributed by atoms with Crippen LogP contribution in [0.25, 0.3) is 0 Å². The van der Waals surface area contributed by atoms with Crippen LogP contribution in [-0.4, -0.2) is 71.1 Å². The van der Waals surface area contributed by atoms with Crippen LogP contribution in [0.15, 0.2) is 10.6 Å². The number of aromatic nitrogens is 1. The van der Waals surface area contributed by atoms with E-state index >= 15 is 0 Å². The molecule has 140 valence electrons. The van der Waals surface area contributed by atoms with E-state index in [0.717, 1.165) is 64.4 Å². The number of carbonyl (C=O) groups excluding carboxylic acids is 1. The van der Waals surface area contributed by atoms with Crippen LogP contribution in [0.2, 0.25) is 0 Å². The Bertz CT molecular complexity index is 545. The predicted octanol–water partition coefficient (Wildman–Crippen LogP) is 2.61. The van der Waals surface area contributed by atoms with Crippen LogP contribution in [0.3, 0.4) is 0 Å². The molecule has 2 aliphatic rings. The summed E-state index contributed by atoms with van der Waals surface area (Å²) in [6.07, 6.45) is 5.98. The van der Waals surface area contributed by atoms with E-state index in [9.17, 15) is 4.79 Å². The van der Waals surface area contributed by atoms with Gasteiger partial charge in [-0.2, -0.15) is 0 Å². The van der Waals surface area contributed by atoms with Gasteiger partial charge in [-0.1, -0.05) is 31.3 Å². The lowest BCUT2D eigenvalue weighted by Gasteiger charge is -2.33. The molecular formula is C19H32N4O2. The van der Waals surface area contributed by atoms with Crippen LogP contribution in [0.1, 0.15) is 62.2 Å². The monoisotopic (exact) mass is 348 g/mol. The van der Waals surface area contributed by atoms with E-state index in [1.165, 1.54) is 19.3 Å². The van der Waals surface area contributed by atoms with Crippen LogP contribution < -0.4 is 0 Å². The molecule has 1 aliphatic carbocycles. The minimum Gasteiger partial charge on any atom is -0.359 e. The van der Waals surface area contributed by atoms with Gasteiger partial charge in [-0.05, 0) is 26.3 Å². The van der Waals surface area contributed by atoms with E-state index in [2.05, 4.69) is 28.8 Å². The number of likely N-dealkylation sites (N-methyl/N-ethyl adjacent to an activating group) is 1. The number of amides is 1. The second-order valence-corrected chi connectivity index (χ2v) is 7.27. The summed E-state index contributed by atoms with van der Waals surface area (Å²) in [4.78, 5) is 19.7. The van der Waals surface area contributed by atoms with E-state index in [1.807, 2.05) is 11.0 Å². The van der Waals surface area contributed by atoms with Gasteiger partial charge in [0.15, 0.2) is 11.5 Å². The first-order valence-electron chi connectivity index (χ1n) is 9.92. The molecule has 3 rings (SSSR count). The Morgan fingerprint density at radius 3 is 2.48 bits per heavy atom. The van der Waals surface area contributed by atoms with Crippen LogP contribution in [0, 0.1) is 0 Å². The molecule has 1 saturated carbocycles. The Morgan fingerprint density at radius 2 is 1.84 bits per heavy atom. The highest BCUT2D eigenvalue weighted by molar-refractivity contribution is 5.92. The predicted molar refractivity (Wildman–Crippen MR) is 97.5 cm³/mol. The molecular weight excluding hydrogens is 316 g/mol. The third-order valence-electron chi connectivity index (χ3n) is 5.69. The minimum atomic E-state index is 0.0280. The van der Waals surface area contributed by atoms with Crippen molar-refractivity contribution in [1.29, 1.82) is 0 Å². The van der Waals surface area contributed by atoms with Crippen LogP contribution in [-0.2, 0) is 6.54 Å². The first-order chi connectivity index (χ1) is 12.2. The van der Waals surface area contributed by atoms with Gasteiger partial charge in [-0.15, -0.1) is 0 Å².